The van der Waals surface area contributed by atoms with Gasteiger partial charge in [0.2, 0.25) is 15.9 Å². The van der Waals surface area contributed by atoms with E-state index in [0.717, 1.165) is 19.3 Å². The maximum atomic E-state index is 12.2. The molecule has 0 aromatic heterocycles. The Kier molecular flexibility index (Phi) is 5.04. The number of hydrogen-bond donors (Lipinski definition) is 1. The SMILES string of the molecule is C[C@H]1CN(S(=O)(=O)CCNC(=O)C2CCC2)C[C@H](C)O1. The van der Waals surface area contributed by atoms with E-state index in [0.29, 0.717) is 13.1 Å². The van der Waals surface area contributed by atoms with Gasteiger partial charge in [0.05, 0.1) is 18.0 Å². The summed E-state index contributed by atoms with van der Waals surface area (Å²) in [5.41, 5.74) is 0. The molecule has 1 saturated carbocycles. The molecule has 0 radical (unpaired) electrons. The third-order valence-electron chi connectivity index (χ3n) is 3.91. The van der Waals surface area contributed by atoms with Crippen molar-refractivity contribution in [3.63, 3.8) is 0 Å². The summed E-state index contributed by atoms with van der Waals surface area (Å²) in [5, 5.41) is 2.73. The summed E-state index contributed by atoms with van der Waals surface area (Å²) < 4.78 is 31.5. The maximum absolute atomic E-state index is 12.2. The molecule has 20 heavy (non-hydrogen) atoms. The first-order chi connectivity index (χ1) is 9.38. The lowest BCUT2D eigenvalue weighted by Gasteiger charge is -2.34. The van der Waals surface area contributed by atoms with Crippen LogP contribution in [-0.2, 0) is 19.6 Å². The average Bonchev–Trinajstić information content (AvgIpc) is 2.24. The van der Waals surface area contributed by atoms with E-state index in [-0.39, 0.29) is 36.3 Å². The fraction of sp³-hybridized carbons (Fsp3) is 0.923. The molecule has 1 saturated heterocycles. The molecule has 2 atom stereocenters. The highest BCUT2D eigenvalue weighted by atomic mass is 32.2. The number of ether oxygens (including phenoxy) is 1. The zero-order valence-corrected chi connectivity index (χ0v) is 13.0. The minimum Gasteiger partial charge on any atom is -0.373 e. The molecule has 1 amide bonds. The fourth-order valence-electron chi connectivity index (χ4n) is 2.60. The van der Waals surface area contributed by atoms with Crippen molar-refractivity contribution in [3.05, 3.63) is 0 Å². The van der Waals surface area contributed by atoms with E-state index in [1.54, 1.807) is 0 Å². The third kappa shape index (κ3) is 3.93. The number of morpholine rings is 1. The molecule has 2 fully saturated rings. The molecule has 1 heterocycles. The number of hydrogen-bond acceptors (Lipinski definition) is 4. The van der Waals surface area contributed by atoms with Crippen molar-refractivity contribution in [3.8, 4) is 0 Å². The Balaban J connectivity index is 1.79. The molecule has 0 bridgehead atoms. The number of nitrogens with zero attached hydrogens (tertiary/aromatic N) is 1. The topological polar surface area (TPSA) is 75.7 Å². The number of nitrogens with one attached hydrogen (secondary N) is 1. The molecule has 1 N–H and O–H groups in total. The second kappa shape index (κ2) is 6.41. The lowest BCUT2D eigenvalue weighted by molar-refractivity contribution is -0.127. The van der Waals surface area contributed by atoms with Gasteiger partial charge >= 0.3 is 0 Å². The van der Waals surface area contributed by atoms with Crippen LogP contribution < -0.4 is 5.32 Å². The minimum atomic E-state index is -3.32. The van der Waals surface area contributed by atoms with Gasteiger partial charge in [-0.3, -0.25) is 4.79 Å². The zero-order valence-electron chi connectivity index (χ0n) is 12.2. The van der Waals surface area contributed by atoms with Crippen LogP contribution in [0.5, 0.6) is 0 Å². The highest BCUT2D eigenvalue weighted by molar-refractivity contribution is 7.89. The Morgan fingerprint density at radius 1 is 1.25 bits per heavy atom. The first-order valence-electron chi connectivity index (χ1n) is 7.29. The molecule has 0 aromatic rings. The van der Waals surface area contributed by atoms with E-state index in [9.17, 15) is 13.2 Å². The molecule has 0 aromatic carbocycles. The van der Waals surface area contributed by atoms with Crippen molar-refractivity contribution >= 4 is 15.9 Å². The molecule has 6 nitrogen and oxygen atoms in total. The van der Waals surface area contributed by atoms with Crippen molar-refractivity contribution in [2.24, 2.45) is 5.92 Å². The Hall–Kier alpha value is -0.660. The molecule has 0 spiro atoms. The van der Waals surface area contributed by atoms with Gasteiger partial charge in [-0.15, -0.1) is 0 Å². The number of rotatable bonds is 5. The lowest BCUT2D eigenvalue weighted by Crippen LogP contribution is -2.50. The van der Waals surface area contributed by atoms with Gasteiger partial charge in [0.15, 0.2) is 0 Å². The number of amides is 1. The number of carbonyl (C=O) groups is 1. The van der Waals surface area contributed by atoms with Gasteiger partial charge in [-0.05, 0) is 26.7 Å². The van der Waals surface area contributed by atoms with Crippen molar-refractivity contribution in [1.29, 1.82) is 0 Å². The quantitative estimate of drug-likeness (QED) is 0.795. The number of carbonyl (C=O) groups excluding carboxylic acids is 1. The monoisotopic (exact) mass is 304 g/mol. The summed E-state index contributed by atoms with van der Waals surface area (Å²) in [6, 6.07) is 0. The van der Waals surface area contributed by atoms with Crippen LogP contribution in [0.4, 0.5) is 0 Å². The van der Waals surface area contributed by atoms with Gasteiger partial charge in [0.25, 0.3) is 0 Å². The highest BCUT2D eigenvalue weighted by Crippen LogP contribution is 2.26. The second-order valence-electron chi connectivity index (χ2n) is 5.81. The maximum Gasteiger partial charge on any atom is 0.223 e. The summed E-state index contributed by atoms with van der Waals surface area (Å²) in [5.74, 6) is 0.0570. The number of sulfonamides is 1. The standard InChI is InChI=1S/C13H24N2O4S/c1-10-8-15(9-11(2)19-10)20(17,18)7-6-14-13(16)12-4-3-5-12/h10-12H,3-9H2,1-2H3,(H,14,16)/t10-,11-/m0/s1. The molecule has 116 valence electrons. The van der Waals surface area contributed by atoms with Crippen LogP contribution in [0.15, 0.2) is 0 Å². The Bertz CT molecular complexity index is 437. The van der Waals surface area contributed by atoms with Crippen molar-refractivity contribution in [1.82, 2.24) is 9.62 Å². The van der Waals surface area contributed by atoms with E-state index in [1.807, 2.05) is 13.8 Å². The summed E-state index contributed by atoms with van der Waals surface area (Å²) >= 11 is 0. The Labute approximate surface area is 120 Å². The van der Waals surface area contributed by atoms with Crippen molar-refractivity contribution < 1.29 is 17.9 Å². The molecule has 7 heteroatoms. The van der Waals surface area contributed by atoms with E-state index in [4.69, 9.17) is 4.74 Å². The molecule has 1 aliphatic carbocycles. The van der Waals surface area contributed by atoms with Crippen LogP contribution in [0.1, 0.15) is 33.1 Å². The van der Waals surface area contributed by atoms with Gasteiger partial charge in [0, 0.05) is 25.6 Å². The first-order valence-corrected chi connectivity index (χ1v) is 8.90. The lowest BCUT2D eigenvalue weighted by atomic mass is 9.85. The van der Waals surface area contributed by atoms with Crippen molar-refractivity contribution in [2.45, 2.75) is 45.3 Å². The average molecular weight is 304 g/mol. The van der Waals surface area contributed by atoms with Crippen LogP contribution in [0.3, 0.4) is 0 Å². The molecule has 0 unspecified atom stereocenters. The fourth-order valence-corrected chi connectivity index (χ4v) is 4.10. The summed E-state index contributed by atoms with van der Waals surface area (Å²) in [7, 11) is -3.32. The highest BCUT2D eigenvalue weighted by Gasteiger charge is 2.31. The van der Waals surface area contributed by atoms with Crippen molar-refractivity contribution in [2.75, 3.05) is 25.4 Å². The minimum absolute atomic E-state index is 0.00448. The van der Waals surface area contributed by atoms with Gasteiger partial charge in [-0.2, -0.15) is 4.31 Å². The van der Waals surface area contributed by atoms with E-state index in [2.05, 4.69) is 5.32 Å². The Morgan fingerprint density at radius 2 is 1.85 bits per heavy atom. The molecular weight excluding hydrogens is 280 g/mol. The first kappa shape index (κ1) is 15.7. The van der Waals surface area contributed by atoms with Gasteiger partial charge in [0.1, 0.15) is 0 Å². The molecule has 1 aliphatic heterocycles. The second-order valence-corrected chi connectivity index (χ2v) is 7.90. The van der Waals surface area contributed by atoms with Crippen LogP contribution in [0, 0.1) is 5.92 Å². The summed E-state index contributed by atoms with van der Waals surface area (Å²) in [6.07, 6.45) is 2.78. The van der Waals surface area contributed by atoms with Gasteiger partial charge in [-0.1, -0.05) is 6.42 Å². The summed E-state index contributed by atoms with van der Waals surface area (Å²) in [6.45, 7) is 4.72. The molecule has 2 aliphatic rings. The van der Waals surface area contributed by atoms with Crippen LogP contribution in [0.2, 0.25) is 0 Å². The van der Waals surface area contributed by atoms with Crippen LogP contribution in [0.25, 0.3) is 0 Å². The largest absolute Gasteiger partial charge is 0.373 e. The smallest absolute Gasteiger partial charge is 0.223 e. The zero-order chi connectivity index (χ0) is 14.8. The molecular formula is C13H24N2O4S. The van der Waals surface area contributed by atoms with E-state index < -0.39 is 10.0 Å². The third-order valence-corrected chi connectivity index (χ3v) is 5.72. The van der Waals surface area contributed by atoms with Crippen LogP contribution >= 0.6 is 0 Å². The summed E-state index contributed by atoms with van der Waals surface area (Å²) in [4.78, 5) is 11.7. The Morgan fingerprint density at radius 3 is 2.35 bits per heavy atom. The molecule has 2 rings (SSSR count). The predicted octanol–water partition coefficient (Wildman–Crippen LogP) is 0.342. The van der Waals surface area contributed by atoms with E-state index >= 15 is 0 Å². The van der Waals surface area contributed by atoms with Gasteiger partial charge < -0.3 is 10.1 Å². The normalized spacial score (nSPS) is 28.9. The van der Waals surface area contributed by atoms with Crippen LogP contribution in [-0.4, -0.2) is 56.2 Å². The predicted molar refractivity (Wildman–Crippen MR) is 75.7 cm³/mol. The van der Waals surface area contributed by atoms with E-state index in [1.165, 1.54) is 4.31 Å². The van der Waals surface area contributed by atoms with Gasteiger partial charge in [-0.25, -0.2) is 8.42 Å².